The van der Waals surface area contributed by atoms with Crippen molar-refractivity contribution in [3.8, 4) is 0 Å². The van der Waals surface area contributed by atoms with Gasteiger partial charge in [-0.15, -0.1) is 0 Å². The van der Waals surface area contributed by atoms with Gasteiger partial charge in [-0.1, -0.05) is 42.5 Å². The fourth-order valence-corrected chi connectivity index (χ4v) is 3.44. The zero-order chi connectivity index (χ0) is 20.4. The summed E-state index contributed by atoms with van der Waals surface area (Å²) >= 11 is 0. The number of benzene rings is 2. The number of rotatable bonds is 5. The maximum atomic E-state index is 12.9. The maximum Gasteiger partial charge on any atom is 0.295 e. The van der Waals surface area contributed by atoms with Crippen LogP contribution in [0.2, 0.25) is 0 Å². The van der Waals surface area contributed by atoms with Crippen molar-refractivity contribution < 1.29 is 14.7 Å². The van der Waals surface area contributed by atoms with Gasteiger partial charge in [0.05, 0.1) is 11.6 Å². The molecule has 0 aromatic heterocycles. The third-order valence-corrected chi connectivity index (χ3v) is 5.22. The van der Waals surface area contributed by atoms with Crippen molar-refractivity contribution in [3.05, 3.63) is 76.4 Å². The minimum Gasteiger partial charge on any atom is -0.507 e. The smallest absolute Gasteiger partial charge is 0.295 e. The molecule has 1 atom stereocenters. The first-order chi connectivity index (χ1) is 13.3. The number of nitrogens with zero attached hydrogens (tertiary/aromatic N) is 2. The minimum atomic E-state index is -0.636. The van der Waals surface area contributed by atoms with E-state index in [0.717, 1.165) is 16.7 Å². The topological polar surface area (TPSA) is 60.9 Å². The predicted octanol–water partition coefficient (Wildman–Crippen LogP) is 3.29. The van der Waals surface area contributed by atoms with Crippen LogP contribution in [0.4, 0.5) is 0 Å². The number of amides is 1. The molecule has 1 amide bonds. The van der Waals surface area contributed by atoms with Crippen LogP contribution in [0, 0.1) is 13.8 Å². The first kappa shape index (κ1) is 19.8. The zero-order valence-electron chi connectivity index (χ0n) is 16.8. The van der Waals surface area contributed by atoms with Crippen LogP contribution < -0.4 is 0 Å². The van der Waals surface area contributed by atoms with Crippen LogP contribution in [0.25, 0.3) is 5.76 Å². The molecule has 1 heterocycles. The molecule has 1 unspecified atom stereocenters. The summed E-state index contributed by atoms with van der Waals surface area (Å²) in [6.07, 6.45) is 0. The lowest BCUT2D eigenvalue weighted by atomic mass is 9.94. The number of likely N-dealkylation sites (tertiary alicyclic amines) is 1. The van der Waals surface area contributed by atoms with Crippen LogP contribution >= 0.6 is 0 Å². The molecule has 1 saturated heterocycles. The van der Waals surface area contributed by atoms with Gasteiger partial charge in [-0.25, -0.2) is 0 Å². The van der Waals surface area contributed by atoms with E-state index in [2.05, 4.69) is 0 Å². The molecular formula is C23H26N2O3. The van der Waals surface area contributed by atoms with Crippen LogP contribution in [0.5, 0.6) is 0 Å². The van der Waals surface area contributed by atoms with Crippen LogP contribution in [0.15, 0.2) is 54.1 Å². The third-order valence-electron chi connectivity index (χ3n) is 5.22. The van der Waals surface area contributed by atoms with Crippen molar-refractivity contribution >= 4 is 17.4 Å². The van der Waals surface area contributed by atoms with Gasteiger partial charge in [-0.3, -0.25) is 9.59 Å². The second kappa shape index (κ2) is 7.98. The van der Waals surface area contributed by atoms with Crippen LogP contribution in [-0.2, 0) is 9.59 Å². The van der Waals surface area contributed by atoms with Crippen molar-refractivity contribution in [2.24, 2.45) is 0 Å². The Morgan fingerprint density at radius 3 is 2.32 bits per heavy atom. The van der Waals surface area contributed by atoms with E-state index in [1.807, 2.05) is 75.3 Å². The first-order valence-corrected chi connectivity index (χ1v) is 9.37. The maximum absolute atomic E-state index is 12.9. The van der Waals surface area contributed by atoms with E-state index in [-0.39, 0.29) is 11.3 Å². The fraction of sp³-hybridized carbons (Fsp3) is 0.304. The number of aliphatic hydroxyl groups is 1. The molecule has 0 saturated carbocycles. The number of aryl methyl sites for hydroxylation is 2. The molecule has 2 aromatic rings. The standard InChI is InChI=1S/C23H26N2O3/c1-15-10-11-18(14-16(15)2)21(26)19-20(17-8-6-5-7-9-17)25(13-12-24(3)4)23(28)22(19)27/h5-11,14,20,26H,12-13H2,1-4H3/b21-19-. The quantitative estimate of drug-likeness (QED) is 0.493. The Morgan fingerprint density at radius 2 is 1.71 bits per heavy atom. The molecule has 5 heteroatoms. The molecular weight excluding hydrogens is 352 g/mol. The molecule has 146 valence electrons. The van der Waals surface area contributed by atoms with Crippen molar-refractivity contribution in [3.63, 3.8) is 0 Å². The normalized spacial score (nSPS) is 18.9. The lowest BCUT2D eigenvalue weighted by Crippen LogP contribution is -2.35. The fourth-order valence-electron chi connectivity index (χ4n) is 3.44. The van der Waals surface area contributed by atoms with Gasteiger partial charge < -0.3 is 14.9 Å². The van der Waals surface area contributed by atoms with Gasteiger partial charge in [0.2, 0.25) is 0 Å². The molecule has 1 aliphatic rings. The first-order valence-electron chi connectivity index (χ1n) is 9.37. The van der Waals surface area contributed by atoms with E-state index in [1.54, 1.807) is 11.0 Å². The average molecular weight is 378 g/mol. The summed E-state index contributed by atoms with van der Waals surface area (Å²) in [7, 11) is 3.84. The predicted molar refractivity (Wildman–Crippen MR) is 110 cm³/mol. The molecule has 1 N–H and O–H groups in total. The molecule has 5 nitrogen and oxygen atoms in total. The molecule has 0 radical (unpaired) electrons. The summed E-state index contributed by atoms with van der Waals surface area (Å²) in [5, 5.41) is 11.0. The van der Waals surface area contributed by atoms with E-state index < -0.39 is 17.7 Å². The molecule has 0 aliphatic carbocycles. The molecule has 28 heavy (non-hydrogen) atoms. The van der Waals surface area contributed by atoms with Crippen molar-refractivity contribution in [1.29, 1.82) is 0 Å². The summed E-state index contributed by atoms with van der Waals surface area (Å²) in [6, 6.07) is 14.3. The molecule has 1 aliphatic heterocycles. The van der Waals surface area contributed by atoms with Crippen molar-refractivity contribution in [1.82, 2.24) is 9.80 Å². The highest BCUT2D eigenvalue weighted by Crippen LogP contribution is 2.39. The highest BCUT2D eigenvalue weighted by atomic mass is 16.3. The summed E-state index contributed by atoms with van der Waals surface area (Å²) in [5.41, 5.74) is 3.63. The van der Waals surface area contributed by atoms with Crippen molar-refractivity contribution in [2.75, 3.05) is 27.2 Å². The average Bonchev–Trinajstić information content (AvgIpc) is 2.93. The number of carbonyl (C=O) groups excluding carboxylic acids is 2. The molecule has 0 bridgehead atoms. The second-order valence-electron chi connectivity index (χ2n) is 7.51. The lowest BCUT2D eigenvalue weighted by molar-refractivity contribution is -0.140. The Labute approximate surface area is 165 Å². The van der Waals surface area contributed by atoms with Crippen molar-refractivity contribution in [2.45, 2.75) is 19.9 Å². The molecule has 3 rings (SSSR count). The number of hydrogen-bond donors (Lipinski definition) is 1. The van der Waals surface area contributed by atoms with Crippen LogP contribution in [-0.4, -0.2) is 53.8 Å². The SMILES string of the molecule is Cc1ccc(/C(O)=C2/C(=O)C(=O)N(CCN(C)C)C2c2ccccc2)cc1C. The second-order valence-corrected chi connectivity index (χ2v) is 7.51. The van der Waals surface area contributed by atoms with E-state index in [9.17, 15) is 14.7 Å². The number of Topliss-reactive ketones (excluding diaryl/α,β-unsaturated/α-hetero) is 1. The van der Waals surface area contributed by atoms with E-state index >= 15 is 0 Å². The summed E-state index contributed by atoms with van der Waals surface area (Å²) in [4.78, 5) is 29.2. The van der Waals surface area contributed by atoms with Gasteiger partial charge in [0, 0.05) is 18.7 Å². The third kappa shape index (κ3) is 3.71. The van der Waals surface area contributed by atoms with Gasteiger partial charge in [-0.2, -0.15) is 0 Å². The zero-order valence-corrected chi connectivity index (χ0v) is 16.8. The van der Waals surface area contributed by atoms with E-state index in [1.165, 1.54) is 0 Å². The monoisotopic (exact) mass is 378 g/mol. The van der Waals surface area contributed by atoms with E-state index in [4.69, 9.17) is 0 Å². The molecule has 1 fully saturated rings. The Bertz CT molecular complexity index is 932. The van der Waals surface area contributed by atoms with Gasteiger partial charge in [0.1, 0.15) is 5.76 Å². The number of aliphatic hydroxyl groups excluding tert-OH is 1. The van der Waals surface area contributed by atoms with Crippen LogP contribution in [0.3, 0.4) is 0 Å². The van der Waals surface area contributed by atoms with Gasteiger partial charge in [0.25, 0.3) is 11.7 Å². The number of carbonyl (C=O) groups is 2. The Kier molecular flexibility index (Phi) is 5.66. The summed E-state index contributed by atoms with van der Waals surface area (Å²) in [6.45, 7) is 4.97. The highest BCUT2D eigenvalue weighted by Gasteiger charge is 2.45. The lowest BCUT2D eigenvalue weighted by Gasteiger charge is -2.26. The number of hydrogen-bond acceptors (Lipinski definition) is 4. The number of ketones is 1. The van der Waals surface area contributed by atoms with Crippen LogP contribution in [0.1, 0.15) is 28.3 Å². The van der Waals surface area contributed by atoms with Gasteiger partial charge in [-0.05, 0) is 50.7 Å². The molecule has 2 aromatic carbocycles. The largest absolute Gasteiger partial charge is 0.507 e. The highest BCUT2D eigenvalue weighted by molar-refractivity contribution is 6.46. The van der Waals surface area contributed by atoms with Gasteiger partial charge in [0.15, 0.2) is 0 Å². The summed E-state index contributed by atoms with van der Waals surface area (Å²) in [5.74, 6) is -1.33. The molecule has 0 spiro atoms. The number of likely N-dealkylation sites (N-methyl/N-ethyl adjacent to an activating group) is 1. The summed E-state index contributed by atoms with van der Waals surface area (Å²) < 4.78 is 0. The van der Waals surface area contributed by atoms with Gasteiger partial charge >= 0.3 is 0 Å². The Balaban J connectivity index is 2.14. The van der Waals surface area contributed by atoms with E-state index in [0.29, 0.717) is 18.7 Å². The Morgan fingerprint density at radius 1 is 1.04 bits per heavy atom. The Hall–Kier alpha value is -2.92. The minimum absolute atomic E-state index is 0.123.